The molecule has 160 valence electrons. The lowest BCUT2D eigenvalue weighted by Crippen LogP contribution is -1.92. The number of hydrogen-bond donors (Lipinski definition) is 0. The van der Waals surface area contributed by atoms with E-state index in [2.05, 4.69) is 26.0 Å². The van der Waals surface area contributed by atoms with E-state index < -0.39 is 11.6 Å². The zero-order valence-corrected chi connectivity index (χ0v) is 18.6. The van der Waals surface area contributed by atoms with E-state index in [0.29, 0.717) is 11.1 Å². The van der Waals surface area contributed by atoms with E-state index in [1.165, 1.54) is 23.3 Å². The van der Waals surface area contributed by atoms with Gasteiger partial charge in [-0.15, -0.1) is 11.8 Å². The molecule has 0 unspecified atom stereocenters. The monoisotopic (exact) mass is 436 g/mol. The van der Waals surface area contributed by atoms with Crippen molar-refractivity contribution in [3.63, 3.8) is 0 Å². The summed E-state index contributed by atoms with van der Waals surface area (Å²) in [4.78, 5) is 11.9. The van der Waals surface area contributed by atoms with Crippen LogP contribution >= 0.6 is 11.8 Å². The van der Waals surface area contributed by atoms with Crippen LogP contribution in [-0.4, -0.2) is 12.0 Å². The van der Waals surface area contributed by atoms with E-state index in [0.717, 1.165) is 53.4 Å². The summed E-state index contributed by atoms with van der Waals surface area (Å²) in [6.45, 7) is 4.13. The summed E-state index contributed by atoms with van der Waals surface area (Å²) in [6, 6.07) is 17.5. The van der Waals surface area contributed by atoms with Gasteiger partial charge in [-0.3, -0.25) is 4.79 Å². The van der Waals surface area contributed by atoms with Gasteiger partial charge in [0, 0.05) is 16.5 Å². The van der Waals surface area contributed by atoms with Crippen LogP contribution in [0.2, 0.25) is 0 Å². The average Bonchev–Trinajstić information content (AvgIpc) is 2.75. The lowest BCUT2D eigenvalue weighted by molar-refractivity contribution is 0.112. The lowest BCUT2D eigenvalue weighted by atomic mass is 9.96. The van der Waals surface area contributed by atoms with Crippen molar-refractivity contribution in [1.82, 2.24) is 0 Å². The van der Waals surface area contributed by atoms with Crippen LogP contribution in [0.5, 0.6) is 0 Å². The molecule has 3 aromatic rings. The average molecular weight is 437 g/mol. The number of allylic oxidation sites excluding steroid dienone is 1. The van der Waals surface area contributed by atoms with Crippen LogP contribution < -0.4 is 0 Å². The molecular formula is C27H26F2OS. The summed E-state index contributed by atoms with van der Waals surface area (Å²) in [6.07, 6.45) is 5.50. The predicted molar refractivity (Wildman–Crippen MR) is 127 cm³/mol. The van der Waals surface area contributed by atoms with Gasteiger partial charge in [-0.2, -0.15) is 0 Å². The third-order valence-corrected chi connectivity index (χ3v) is 6.33. The van der Waals surface area contributed by atoms with Crippen LogP contribution in [0.15, 0.2) is 65.6 Å². The Morgan fingerprint density at radius 2 is 1.52 bits per heavy atom. The molecule has 0 aromatic heterocycles. The highest BCUT2D eigenvalue weighted by molar-refractivity contribution is 7.99. The highest BCUT2D eigenvalue weighted by Gasteiger charge is 2.08. The van der Waals surface area contributed by atoms with Gasteiger partial charge >= 0.3 is 0 Å². The van der Waals surface area contributed by atoms with Gasteiger partial charge in [-0.05, 0) is 91.0 Å². The third-order valence-electron chi connectivity index (χ3n) is 5.23. The Labute approximate surface area is 187 Å². The molecule has 0 heterocycles. The first-order chi connectivity index (χ1) is 14.9. The second kappa shape index (κ2) is 11.1. The van der Waals surface area contributed by atoms with E-state index in [1.807, 2.05) is 36.4 Å². The second-order valence-corrected chi connectivity index (χ2v) is 8.83. The van der Waals surface area contributed by atoms with Gasteiger partial charge < -0.3 is 0 Å². The fraction of sp³-hybridized carbons (Fsp3) is 0.222. The minimum Gasteiger partial charge on any atom is -0.298 e. The number of aryl methyl sites for hydroxylation is 2. The Morgan fingerprint density at radius 3 is 2.16 bits per heavy atom. The molecule has 0 aliphatic heterocycles. The van der Waals surface area contributed by atoms with Crippen molar-refractivity contribution in [2.45, 2.75) is 38.0 Å². The summed E-state index contributed by atoms with van der Waals surface area (Å²) < 4.78 is 27.7. The molecule has 0 fully saturated rings. The minimum absolute atomic E-state index is 0.560. The molecule has 0 aliphatic carbocycles. The summed E-state index contributed by atoms with van der Waals surface area (Å²) in [5, 5.41) is 0. The first kappa shape index (κ1) is 23.0. The lowest BCUT2D eigenvalue weighted by Gasteiger charge is -2.10. The van der Waals surface area contributed by atoms with Crippen molar-refractivity contribution in [1.29, 1.82) is 0 Å². The maximum Gasteiger partial charge on any atom is 0.150 e. The van der Waals surface area contributed by atoms with E-state index in [9.17, 15) is 13.6 Å². The second-order valence-electron chi connectivity index (χ2n) is 7.66. The Hall–Kier alpha value is -2.72. The molecule has 0 aliphatic rings. The fourth-order valence-electron chi connectivity index (χ4n) is 3.34. The first-order valence-corrected chi connectivity index (χ1v) is 11.4. The van der Waals surface area contributed by atoms with E-state index >= 15 is 0 Å². The van der Waals surface area contributed by atoms with Crippen molar-refractivity contribution in [2.24, 2.45) is 0 Å². The molecule has 0 atom stereocenters. The van der Waals surface area contributed by atoms with E-state index in [1.54, 1.807) is 11.8 Å². The van der Waals surface area contributed by atoms with Crippen LogP contribution in [0.4, 0.5) is 8.78 Å². The van der Waals surface area contributed by atoms with Gasteiger partial charge in [0.05, 0.1) is 0 Å². The van der Waals surface area contributed by atoms with Crippen molar-refractivity contribution in [3.05, 3.63) is 100 Å². The van der Waals surface area contributed by atoms with Gasteiger partial charge in [-0.1, -0.05) is 36.4 Å². The van der Waals surface area contributed by atoms with Gasteiger partial charge in [0.1, 0.15) is 17.9 Å². The van der Waals surface area contributed by atoms with Crippen molar-refractivity contribution in [2.75, 3.05) is 5.75 Å². The number of aldehydes is 1. The summed E-state index contributed by atoms with van der Waals surface area (Å²) >= 11 is 1.74. The normalized spacial score (nSPS) is 11.5. The molecule has 0 spiro atoms. The zero-order chi connectivity index (χ0) is 22.2. The number of benzene rings is 3. The summed E-state index contributed by atoms with van der Waals surface area (Å²) in [5.41, 5.74) is 5.64. The molecule has 0 radical (unpaired) electrons. The molecule has 0 bridgehead atoms. The van der Waals surface area contributed by atoms with E-state index in [4.69, 9.17) is 0 Å². The maximum absolute atomic E-state index is 13.8. The Morgan fingerprint density at radius 1 is 0.839 bits per heavy atom. The number of halogens is 2. The SMILES string of the molecule is Cc1ccc(/C=C(/CCCCSc2ccc(C=O)cc2)c2cc(F)cc(F)c2)cc1C. The number of carbonyl (C=O) groups is 1. The van der Waals surface area contributed by atoms with Crippen LogP contribution in [0.3, 0.4) is 0 Å². The summed E-state index contributed by atoms with van der Waals surface area (Å²) in [5.74, 6) is -0.180. The number of rotatable bonds is 9. The van der Waals surface area contributed by atoms with Crippen LogP contribution in [-0.2, 0) is 0 Å². The predicted octanol–water partition coefficient (Wildman–Crippen LogP) is 7.90. The third kappa shape index (κ3) is 6.90. The first-order valence-electron chi connectivity index (χ1n) is 10.4. The molecular weight excluding hydrogens is 410 g/mol. The van der Waals surface area contributed by atoms with Crippen LogP contribution in [0.25, 0.3) is 11.6 Å². The molecule has 0 saturated heterocycles. The molecule has 0 saturated carbocycles. The van der Waals surface area contributed by atoms with Crippen LogP contribution in [0.1, 0.15) is 51.9 Å². The standard InChI is InChI=1S/C27H26F2OS/c1-19-6-7-22(13-20(19)2)14-23(24-15-25(28)17-26(29)16-24)5-3-4-12-31-27-10-8-21(18-30)9-11-27/h6-11,13-18H,3-5,12H2,1-2H3/b23-14-. The smallest absolute Gasteiger partial charge is 0.150 e. The van der Waals surface area contributed by atoms with Gasteiger partial charge in [0.25, 0.3) is 0 Å². The van der Waals surface area contributed by atoms with Crippen molar-refractivity contribution in [3.8, 4) is 0 Å². The molecule has 3 rings (SSSR count). The molecule has 0 N–H and O–H groups in total. The summed E-state index contributed by atoms with van der Waals surface area (Å²) in [7, 11) is 0. The molecule has 31 heavy (non-hydrogen) atoms. The maximum atomic E-state index is 13.8. The van der Waals surface area contributed by atoms with Crippen molar-refractivity contribution >= 4 is 29.7 Å². The van der Waals surface area contributed by atoms with E-state index in [-0.39, 0.29) is 0 Å². The van der Waals surface area contributed by atoms with Crippen LogP contribution in [0, 0.1) is 25.5 Å². The zero-order valence-electron chi connectivity index (χ0n) is 17.8. The van der Waals surface area contributed by atoms with Gasteiger partial charge in [0.15, 0.2) is 0 Å². The Bertz CT molecular complexity index is 1050. The molecule has 0 amide bonds. The van der Waals surface area contributed by atoms with Crippen molar-refractivity contribution < 1.29 is 13.6 Å². The highest BCUT2D eigenvalue weighted by atomic mass is 32.2. The quantitative estimate of drug-likeness (QED) is 0.147. The topological polar surface area (TPSA) is 17.1 Å². The fourth-order valence-corrected chi connectivity index (χ4v) is 4.26. The minimum atomic E-state index is -0.560. The molecule has 4 heteroatoms. The van der Waals surface area contributed by atoms with Gasteiger partial charge in [0.2, 0.25) is 0 Å². The van der Waals surface area contributed by atoms with Gasteiger partial charge in [-0.25, -0.2) is 8.78 Å². The number of thioether (sulfide) groups is 1. The number of unbranched alkanes of at least 4 members (excludes halogenated alkanes) is 1. The Balaban J connectivity index is 1.68. The highest BCUT2D eigenvalue weighted by Crippen LogP contribution is 2.27. The Kier molecular flexibility index (Phi) is 8.19. The molecule has 3 aromatic carbocycles. The largest absolute Gasteiger partial charge is 0.298 e. The molecule has 1 nitrogen and oxygen atoms in total. The number of carbonyl (C=O) groups excluding carboxylic acids is 1. The number of hydrogen-bond acceptors (Lipinski definition) is 2.